The molecule has 0 saturated heterocycles. The van der Waals surface area contributed by atoms with E-state index in [0.717, 1.165) is 16.7 Å². The van der Waals surface area contributed by atoms with Gasteiger partial charge in [0, 0.05) is 0 Å². The van der Waals surface area contributed by atoms with Crippen molar-refractivity contribution in [2.45, 2.75) is 20.8 Å². The highest BCUT2D eigenvalue weighted by atomic mass is 16.5. The van der Waals surface area contributed by atoms with E-state index in [-0.39, 0.29) is 11.3 Å². The van der Waals surface area contributed by atoms with Crippen LogP contribution in [0.5, 0.6) is 0 Å². The van der Waals surface area contributed by atoms with Crippen LogP contribution in [0.3, 0.4) is 0 Å². The van der Waals surface area contributed by atoms with Crippen LogP contribution in [0.4, 0.5) is 0 Å². The van der Waals surface area contributed by atoms with Crippen molar-refractivity contribution in [3.63, 3.8) is 0 Å². The van der Waals surface area contributed by atoms with Crippen LogP contribution < -0.4 is 5.11 Å². The molecule has 0 aliphatic rings. The fraction of sp³-hybridized carbons (Fsp3) is 0.211. The number of aryl methyl sites for hydroxylation is 3. The summed E-state index contributed by atoms with van der Waals surface area (Å²) in [5.74, 6) is -0.925. The standard InChI is InChI=1S/C19H20O3/c1-12-10-13(2)16(14(3)11-12)17(19(21)22-4)18(20)15-8-6-5-7-9-15/h5-11,20H,1-4H3/p-1/b18-17-. The van der Waals surface area contributed by atoms with Gasteiger partial charge in [0.05, 0.1) is 12.7 Å². The molecule has 3 nitrogen and oxygen atoms in total. The van der Waals surface area contributed by atoms with Crippen LogP contribution >= 0.6 is 0 Å². The van der Waals surface area contributed by atoms with E-state index in [9.17, 15) is 9.90 Å². The molecular formula is C19H19O3-. The Morgan fingerprint density at radius 1 is 1.00 bits per heavy atom. The van der Waals surface area contributed by atoms with E-state index in [0.29, 0.717) is 11.1 Å². The molecule has 0 saturated carbocycles. The first-order valence-electron chi connectivity index (χ1n) is 7.09. The van der Waals surface area contributed by atoms with E-state index in [1.165, 1.54) is 7.11 Å². The minimum absolute atomic E-state index is 0.0868. The SMILES string of the molecule is COC(=O)/C(=C(\[O-])c1ccccc1)c1c(C)cc(C)cc1C. The molecule has 0 fully saturated rings. The van der Waals surface area contributed by atoms with Crippen molar-refractivity contribution >= 4 is 17.3 Å². The molecule has 2 aromatic rings. The Hall–Kier alpha value is -2.55. The predicted octanol–water partition coefficient (Wildman–Crippen LogP) is 3.01. The first-order valence-corrected chi connectivity index (χ1v) is 7.09. The molecule has 0 radical (unpaired) electrons. The van der Waals surface area contributed by atoms with Crippen LogP contribution in [-0.4, -0.2) is 13.1 Å². The smallest absolute Gasteiger partial charge is 0.337 e. The Morgan fingerprint density at radius 3 is 2.05 bits per heavy atom. The number of esters is 1. The lowest BCUT2D eigenvalue weighted by Crippen LogP contribution is -2.15. The summed E-state index contributed by atoms with van der Waals surface area (Å²) in [7, 11) is 1.29. The van der Waals surface area contributed by atoms with Crippen molar-refractivity contribution in [2.75, 3.05) is 7.11 Å². The molecule has 3 heteroatoms. The van der Waals surface area contributed by atoms with E-state index in [4.69, 9.17) is 4.74 Å². The van der Waals surface area contributed by atoms with Gasteiger partial charge in [-0.25, -0.2) is 4.79 Å². The van der Waals surface area contributed by atoms with Gasteiger partial charge >= 0.3 is 5.97 Å². The van der Waals surface area contributed by atoms with E-state index >= 15 is 0 Å². The average molecular weight is 295 g/mol. The van der Waals surface area contributed by atoms with Gasteiger partial charge in [-0.2, -0.15) is 0 Å². The number of rotatable bonds is 3. The molecule has 0 amide bonds. The van der Waals surface area contributed by atoms with Gasteiger partial charge in [0.2, 0.25) is 0 Å². The Morgan fingerprint density at radius 2 is 1.55 bits per heavy atom. The molecule has 114 valence electrons. The fourth-order valence-electron chi connectivity index (χ4n) is 2.72. The summed E-state index contributed by atoms with van der Waals surface area (Å²) in [5, 5.41) is 12.8. The van der Waals surface area contributed by atoms with Gasteiger partial charge < -0.3 is 9.84 Å². The van der Waals surface area contributed by atoms with Crippen molar-refractivity contribution in [1.29, 1.82) is 0 Å². The van der Waals surface area contributed by atoms with Crippen molar-refractivity contribution < 1.29 is 14.6 Å². The maximum atomic E-state index is 12.8. The van der Waals surface area contributed by atoms with E-state index in [1.807, 2.05) is 39.0 Å². The summed E-state index contributed by atoms with van der Waals surface area (Å²) < 4.78 is 4.85. The van der Waals surface area contributed by atoms with Crippen molar-refractivity contribution in [3.05, 3.63) is 70.3 Å². The number of hydrogen-bond acceptors (Lipinski definition) is 3. The second-order valence-electron chi connectivity index (χ2n) is 5.34. The maximum absolute atomic E-state index is 12.8. The average Bonchev–Trinajstić information content (AvgIpc) is 2.50. The van der Waals surface area contributed by atoms with Crippen LogP contribution in [0.2, 0.25) is 0 Å². The molecule has 0 atom stereocenters. The van der Waals surface area contributed by atoms with Crippen molar-refractivity contribution in [1.82, 2.24) is 0 Å². The van der Waals surface area contributed by atoms with Gasteiger partial charge in [0.25, 0.3) is 0 Å². The fourth-order valence-corrected chi connectivity index (χ4v) is 2.72. The summed E-state index contributed by atoms with van der Waals surface area (Å²) in [6.07, 6.45) is 0. The van der Waals surface area contributed by atoms with Crippen molar-refractivity contribution in [2.24, 2.45) is 0 Å². The van der Waals surface area contributed by atoms with Crippen LogP contribution in [0.15, 0.2) is 42.5 Å². The molecule has 0 aliphatic carbocycles. The molecule has 2 aromatic carbocycles. The van der Waals surface area contributed by atoms with Gasteiger partial charge in [-0.3, -0.25) is 0 Å². The Labute approximate surface area is 130 Å². The summed E-state index contributed by atoms with van der Waals surface area (Å²) >= 11 is 0. The first kappa shape index (κ1) is 15.8. The minimum atomic E-state index is -0.607. The van der Waals surface area contributed by atoms with E-state index in [2.05, 4.69) is 0 Å². The highest BCUT2D eigenvalue weighted by Crippen LogP contribution is 2.29. The minimum Gasteiger partial charge on any atom is -0.871 e. The zero-order chi connectivity index (χ0) is 16.3. The molecule has 0 N–H and O–H groups in total. The third-order valence-corrected chi connectivity index (χ3v) is 3.58. The molecule has 0 aliphatic heterocycles. The van der Waals surface area contributed by atoms with Crippen LogP contribution in [0.1, 0.15) is 27.8 Å². The monoisotopic (exact) mass is 295 g/mol. The third-order valence-electron chi connectivity index (χ3n) is 3.58. The summed E-state index contributed by atoms with van der Waals surface area (Å²) in [4.78, 5) is 12.2. The summed E-state index contributed by atoms with van der Waals surface area (Å²) in [6, 6.07) is 12.7. The lowest BCUT2D eigenvalue weighted by molar-refractivity contribution is -0.243. The first-order chi connectivity index (χ1) is 10.5. The lowest BCUT2D eigenvalue weighted by Gasteiger charge is -2.21. The quantitative estimate of drug-likeness (QED) is 0.378. The Balaban J connectivity index is 2.75. The predicted molar refractivity (Wildman–Crippen MR) is 85.9 cm³/mol. The molecule has 0 heterocycles. The highest BCUT2D eigenvalue weighted by molar-refractivity contribution is 6.23. The van der Waals surface area contributed by atoms with Gasteiger partial charge in [-0.15, -0.1) is 0 Å². The molecule has 0 spiro atoms. The van der Waals surface area contributed by atoms with Gasteiger partial charge in [-0.1, -0.05) is 53.8 Å². The van der Waals surface area contributed by atoms with Crippen LogP contribution in [0, 0.1) is 20.8 Å². The van der Waals surface area contributed by atoms with Gasteiger partial charge in [-0.05, 0) is 43.0 Å². The maximum Gasteiger partial charge on any atom is 0.337 e. The van der Waals surface area contributed by atoms with E-state index < -0.39 is 5.97 Å². The molecule has 0 unspecified atom stereocenters. The zero-order valence-electron chi connectivity index (χ0n) is 13.3. The number of carbonyl (C=O) groups excluding carboxylic acids is 1. The molecule has 22 heavy (non-hydrogen) atoms. The third kappa shape index (κ3) is 3.03. The van der Waals surface area contributed by atoms with Crippen molar-refractivity contribution in [3.8, 4) is 0 Å². The Bertz CT molecular complexity index is 705. The van der Waals surface area contributed by atoms with Crippen LogP contribution in [0.25, 0.3) is 11.3 Å². The normalized spacial score (nSPS) is 11.8. The van der Waals surface area contributed by atoms with Gasteiger partial charge in [0.15, 0.2) is 0 Å². The Kier molecular flexibility index (Phi) is 4.66. The van der Waals surface area contributed by atoms with Gasteiger partial charge in [0.1, 0.15) is 0 Å². The van der Waals surface area contributed by atoms with Crippen LogP contribution in [-0.2, 0) is 9.53 Å². The lowest BCUT2D eigenvalue weighted by atomic mass is 9.91. The number of carbonyl (C=O) groups is 1. The zero-order valence-corrected chi connectivity index (χ0v) is 13.3. The highest BCUT2D eigenvalue weighted by Gasteiger charge is 2.19. The second kappa shape index (κ2) is 6.48. The van der Waals surface area contributed by atoms with E-state index in [1.54, 1.807) is 24.3 Å². The summed E-state index contributed by atoms with van der Waals surface area (Å²) in [5.41, 5.74) is 4.09. The molecular weight excluding hydrogens is 276 g/mol. The largest absolute Gasteiger partial charge is 0.871 e. The molecule has 2 rings (SSSR count). The molecule has 0 bridgehead atoms. The number of ether oxygens (including phenoxy) is 1. The summed E-state index contributed by atoms with van der Waals surface area (Å²) in [6.45, 7) is 5.79. The topological polar surface area (TPSA) is 49.4 Å². The number of benzene rings is 2. The number of methoxy groups -OCH3 is 1. The second-order valence-corrected chi connectivity index (χ2v) is 5.34. The molecule has 0 aromatic heterocycles. The number of hydrogen-bond donors (Lipinski definition) is 0.